The van der Waals surface area contributed by atoms with Crippen LogP contribution in [0.2, 0.25) is 0 Å². The van der Waals surface area contributed by atoms with Gasteiger partial charge in [0.05, 0.1) is 0 Å². The lowest BCUT2D eigenvalue weighted by Gasteiger charge is -2.14. The molecule has 0 N–H and O–H groups in total. The highest BCUT2D eigenvalue weighted by Gasteiger charge is 2.07. The molecule has 0 atom stereocenters. The highest BCUT2D eigenvalue weighted by atomic mass is 15.1. The Morgan fingerprint density at radius 1 is 1.56 bits per heavy atom. The van der Waals surface area contributed by atoms with Crippen molar-refractivity contribution in [3.05, 3.63) is 36.2 Å². The number of nitrogens with zero attached hydrogens (tertiary/aromatic N) is 2. The molecule has 16 heavy (non-hydrogen) atoms. The molecule has 0 amide bonds. The number of rotatable bonds is 5. The molecule has 0 aliphatic heterocycles. The zero-order valence-electron chi connectivity index (χ0n) is 10.4. The molecule has 84 valence electrons. The van der Waals surface area contributed by atoms with E-state index in [1.54, 1.807) is 0 Å². The largest absolute Gasteiger partial charge is 0.347 e. The van der Waals surface area contributed by atoms with Gasteiger partial charge in [-0.1, -0.05) is 24.2 Å². The van der Waals surface area contributed by atoms with Crippen LogP contribution in [0.4, 0.5) is 0 Å². The smallest absolute Gasteiger partial charge is 0.116 e. The highest BCUT2D eigenvalue weighted by Crippen LogP contribution is 2.19. The lowest BCUT2D eigenvalue weighted by Crippen LogP contribution is -2.19. The van der Waals surface area contributed by atoms with Crippen molar-refractivity contribution < 1.29 is 0 Å². The minimum absolute atomic E-state index is 0.804. The van der Waals surface area contributed by atoms with Gasteiger partial charge in [0, 0.05) is 25.0 Å². The third kappa shape index (κ3) is 2.89. The first-order chi connectivity index (χ1) is 7.60. The molecular formula is C13H19BN2. The summed E-state index contributed by atoms with van der Waals surface area (Å²) in [6.45, 7) is 7.69. The summed E-state index contributed by atoms with van der Waals surface area (Å²) < 4.78 is 2.17. The summed E-state index contributed by atoms with van der Waals surface area (Å²) in [5.74, 6) is 0. The van der Waals surface area contributed by atoms with Crippen molar-refractivity contribution in [3.63, 3.8) is 0 Å². The molecule has 0 bridgehead atoms. The highest BCUT2D eigenvalue weighted by molar-refractivity contribution is 6.42. The summed E-state index contributed by atoms with van der Waals surface area (Å²) in [5.41, 5.74) is 2.97. The van der Waals surface area contributed by atoms with Gasteiger partial charge in [-0.15, -0.1) is 0 Å². The fourth-order valence-corrected chi connectivity index (χ4v) is 1.62. The molecule has 0 fully saturated rings. The van der Waals surface area contributed by atoms with Crippen molar-refractivity contribution in [2.24, 2.45) is 0 Å². The molecule has 0 aromatic carbocycles. The molecule has 1 heterocycles. The Morgan fingerprint density at radius 3 is 2.75 bits per heavy atom. The third-order valence-electron chi connectivity index (χ3n) is 2.59. The summed E-state index contributed by atoms with van der Waals surface area (Å²) in [6, 6.07) is 2.05. The Hall–Kier alpha value is -1.22. The second-order valence-corrected chi connectivity index (χ2v) is 4.06. The van der Waals surface area contributed by atoms with E-state index in [1.165, 1.54) is 0 Å². The van der Waals surface area contributed by atoms with E-state index in [0.29, 0.717) is 0 Å². The Morgan fingerprint density at radius 2 is 2.25 bits per heavy atom. The van der Waals surface area contributed by atoms with E-state index < -0.39 is 0 Å². The number of hydrogen-bond acceptors (Lipinski definition) is 1. The fraction of sp³-hybridized carbons (Fsp3) is 0.385. The van der Waals surface area contributed by atoms with Crippen LogP contribution in [0.15, 0.2) is 24.9 Å². The van der Waals surface area contributed by atoms with Crippen LogP contribution in [0, 0.1) is 0 Å². The van der Waals surface area contributed by atoms with Crippen molar-refractivity contribution >= 4 is 19.4 Å². The minimum Gasteiger partial charge on any atom is -0.347 e. The lowest BCUT2D eigenvalue weighted by molar-refractivity contribution is 0.383. The molecule has 3 heteroatoms. The monoisotopic (exact) mass is 214 g/mol. The van der Waals surface area contributed by atoms with E-state index in [-0.39, 0.29) is 0 Å². The predicted molar refractivity (Wildman–Crippen MR) is 72.5 cm³/mol. The normalized spacial score (nSPS) is 12.1. The quantitative estimate of drug-likeness (QED) is 0.682. The number of aromatic nitrogens is 1. The molecule has 1 rings (SSSR count). The van der Waals surface area contributed by atoms with Gasteiger partial charge in [-0.2, -0.15) is 0 Å². The van der Waals surface area contributed by atoms with Gasteiger partial charge in [0.1, 0.15) is 7.85 Å². The second kappa shape index (κ2) is 5.76. The molecule has 0 aliphatic rings. The van der Waals surface area contributed by atoms with Gasteiger partial charge in [0.2, 0.25) is 0 Å². The predicted octanol–water partition coefficient (Wildman–Crippen LogP) is 2.22. The van der Waals surface area contributed by atoms with Crippen LogP contribution < -0.4 is 0 Å². The maximum atomic E-state index is 6.00. The molecule has 1 aromatic rings. The average Bonchev–Trinajstić information content (AvgIpc) is 2.68. The zero-order valence-corrected chi connectivity index (χ0v) is 10.4. The van der Waals surface area contributed by atoms with Crippen LogP contribution >= 0.6 is 0 Å². The van der Waals surface area contributed by atoms with E-state index in [0.717, 1.165) is 29.8 Å². The molecule has 2 nitrogen and oxygen atoms in total. The molecule has 0 unspecified atom stereocenters. The van der Waals surface area contributed by atoms with Crippen LogP contribution in [0.3, 0.4) is 0 Å². The summed E-state index contributed by atoms with van der Waals surface area (Å²) in [7, 11) is 10.1. The summed E-state index contributed by atoms with van der Waals surface area (Å²) in [4.78, 5) is 2.16. The maximum absolute atomic E-state index is 6.00. The first kappa shape index (κ1) is 12.9. The zero-order chi connectivity index (χ0) is 12.1. The van der Waals surface area contributed by atoms with Crippen molar-refractivity contribution in [1.82, 2.24) is 9.47 Å². The van der Waals surface area contributed by atoms with Crippen LogP contribution in [0.1, 0.15) is 18.2 Å². The Bertz CT molecular complexity index is 389. The van der Waals surface area contributed by atoms with Crippen LogP contribution in [-0.2, 0) is 6.54 Å². The molecule has 0 saturated heterocycles. The van der Waals surface area contributed by atoms with E-state index in [2.05, 4.69) is 36.3 Å². The first-order valence-corrected chi connectivity index (χ1v) is 5.48. The van der Waals surface area contributed by atoms with Crippen LogP contribution in [0.25, 0.3) is 11.5 Å². The second-order valence-electron chi connectivity index (χ2n) is 4.06. The van der Waals surface area contributed by atoms with Crippen LogP contribution in [0.5, 0.6) is 0 Å². The average molecular weight is 214 g/mol. The van der Waals surface area contributed by atoms with Gasteiger partial charge in [-0.05, 0) is 32.6 Å². The van der Waals surface area contributed by atoms with Crippen molar-refractivity contribution in [2.75, 3.05) is 20.6 Å². The van der Waals surface area contributed by atoms with Crippen LogP contribution in [-0.4, -0.2) is 38.0 Å². The summed E-state index contributed by atoms with van der Waals surface area (Å²) >= 11 is 0. The molecule has 1 aromatic heterocycles. The number of hydrogen-bond donors (Lipinski definition) is 0. The van der Waals surface area contributed by atoms with Gasteiger partial charge in [-0.25, -0.2) is 0 Å². The van der Waals surface area contributed by atoms with Gasteiger partial charge in [-0.3, -0.25) is 0 Å². The van der Waals surface area contributed by atoms with Gasteiger partial charge in [0.25, 0.3) is 0 Å². The Balaban J connectivity index is 3.00. The lowest BCUT2D eigenvalue weighted by atomic mass is 9.90. The molecular weight excluding hydrogens is 195 g/mol. The standard InChI is InChI=1S/C13H19BN2/c1-5-11-7-8-16(10-9-15(3)4)13(11)12(14)6-2/h5-8H,1,9-10H2,2-4H3/b12-6+. The number of allylic oxidation sites excluding steroid dienone is 1. The molecule has 0 saturated carbocycles. The topological polar surface area (TPSA) is 8.17 Å². The number of likely N-dealkylation sites (N-methyl/N-ethyl adjacent to an activating group) is 1. The van der Waals surface area contributed by atoms with Crippen molar-refractivity contribution in [3.8, 4) is 0 Å². The van der Waals surface area contributed by atoms with E-state index in [1.807, 2.05) is 25.1 Å². The van der Waals surface area contributed by atoms with Crippen molar-refractivity contribution in [1.29, 1.82) is 0 Å². The molecule has 0 aliphatic carbocycles. The SMILES string of the molecule is [B]/C(=C/C)c1c(C=C)ccn1CCN(C)C. The van der Waals surface area contributed by atoms with Gasteiger partial charge < -0.3 is 9.47 Å². The Kier molecular flexibility index (Phi) is 4.62. The van der Waals surface area contributed by atoms with Gasteiger partial charge in [0.15, 0.2) is 0 Å². The van der Waals surface area contributed by atoms with E-state index in [9.17, 15) is 0 Å². The van der Waals surface area contributed by atoms with E-state index >= 15 is 0 Å². The minimum atomic E-state index is 0.804. The summed E-state index contributed by atoms with van der Waals surface area (Å²) in [5, 5.41) is 0. The fourth-order valence-electron chi connectivity index (χ4n) is 1.62. The van der Waals surface area contributed by atoms with Crippen molar-refractivity contribution in [2.45, 2.75) is 13.5 Å². The Labute approximate surface area is 99.7 Å². The molecule has 0 spiro atoms. The first-order valence-electron chi connectivity index (χ1n) is 5.48. The summed E-state index contributed by atoms with van der Waals surface area (Å²) in [6.07, 6.45) is 5.83. The van der Waals surface area contributed by atoms with E-state index in [4.69, 9.17) is 7.85 Å². The third-order valence-corrected chi connectivity index (χ3v) is 2.59. The van der Waals surface area contributed by atoms with Gasteiger partial charge >= 0.3 is 0 Å². The molecule has 2 radical (unpaired) electrons. The maximum Gasteiger partial charge on any atom is 0.116 e.